The normalized spacial score (nSPS) is 27.9. The van der Waals surface area contributed by atoms with E-state index in [-0.39, 0.29) is 36.3 Å². The second kappa shape index (κ2) is 12.3. The summed E-state index contributed by atoms with van der Waals surface area (Å²) in [5.41, 5.74) is 2.55. The van der Waals surface area contributed by atoms with E-state index in [4.69, 9.17) is 4.99 Å². The van der Waals surface area contributed by atoms with Gasteiger partial charge in [-0.3, -0.25) is 19.5 Å². The molecule has 216 valence electrons. The lowest BCUT2D eigenvalue weighted by Crippen LogP contribution is -2.54. The van der Waals surface area contributed by atoms with Crippen LogP contribution < -0.4 is 15.5 Å². The van der Waals surface area contributed by atoms with Crippen LogP contribution in [-0.4, -0.2) is 60.3 Å². The number of para-hydroxylation sites is 1. The minimum atomic E-state index is -1.05. The van der Waals surface area contributed by atoms with Crippen LogP contribution in [0.25, 0.3) is 0 Å². The van der Waals surface area contributed by atoms with Gasteiger partial charge in [-0.25, -0.2) is 4.79 Å². The number of carbonyl (C=O) groups excluding carboxylic acids is 3. The summed E-state index contributed by atoms with van der Waals surface area (Å²) in [6, 6.07) is 7.66. The first-order chi connectivity index (χ1) is 19.5. The molecule has 1 aromatic rings. The molecule has 8 nitrogen and oxygen atoms in total. The number of nitrogens with one attached hydrogen (secondary N) is 2. The predicted molar refractivity (Wildman–Crippen MR) is 156 cm³/mol. The molecule has 3 aliphatic carbocycles. The average molecular weight is 548 g/mol. The van der Waals surface area contributed by atoms with Gasteiger partial charge in [0.25, 0.3) is 5.91 Å². The molecule has 1 aromatic carbocycles. The zero-order valence-corrected chi connectivity index (χ0v) is 23.8. The number of rotatable bonds is 5. The smallest absolute Gasteiger partial charge is 0.317 e. The number of nitrogens with zero attached hydrogens (tertiary/aromatic N) is 3. The molecule has 2 saturated heterocycles. The first-order valence-electron chi connectivity index (χ1n) is 15.9. The van der Waals surface area contributed by atoms with E-state index in [9.17, 15) is 14.4 Å². The first kappa shape index (κ1) is 27.3. The minimum Gasteiger partial charge on any atom is -0.341 e. The Morgan fingerprint density at radius 2 is 1.43 bits per heavy atom. The van der Waals surface area contributed by atoms with Gasteiger partial charge in [0.1, 0.15) is 6.54 Å². The number of hydrogen-bond acceptors (Lipinski definition) is 4. The topological polar surface area (TPSA) is 94.1 Å². The number of anilines is 1. The molecule has 0 aromatic heterocycles. The van der Waals surface area contributed by atoms with Gasteiger partial charge < -0.3 is 15.5 Å². The number of urea groups is 1. The maximum atomic E-state index is 14.2. The van der Waals surface area contributed by atoms with E-state index in [0.717, 1.165) is 81.4 Å². The van der Waals surface area contributed by atoms with Crippen LogP contribution in [0.3, 0.4) is 0 Å². The van der Waals surface area contributed by atoms with Crippen molar-refractivity contribution in [3.8, 4) is 0 Å². The van der Waals surface area contributed by atoms with Crippen molar-refractivity contribution in [2.45, 2.75) is 102 Å². The lowest BCUT2D eigenvalue weighted by atomic mass is 9.83. The second-order valence-corrected chi connectivity index (χ2v) is 12.8. The van der Waals surface area contributed by atoms with E-state index < -0.39 is 6.17 Å². The molecule has 0 radical (unpaired) electrons. The number of benzene rings is 1. The van der Waals surface area contributed by atoms with Crippen molar-refractivity contribution in [2.75, 3.05) is 24.5 Å². The highest BCUT2D eigenvalue weighted by Gasteiger charge is 2.38. The monoisotopic (exact) mass is 547 g/mol. The molecule has 3 heterocycles. The van der Waals surface area contributed by atoms with E-state index >= 15 is 0 Å². The lowest BCUT2D eigenvalue weighted by Gasteiger charge is -2.29. The molecule has 6 aliphatic rings. The van der Waals surface area contributed by atoms with Crippen LogP contribution in [0.2, 0.25) is 0 Å². The largest absolute Gasteiger partial charge is 0.341 e. The lowest BCUT2D eigenvalue weighted by molar-refractivity contribution is -0.132. The van der Waals surface area contributed by atoms with Crippen LogP contribution >= 0.6 is 0 Å². The summed E-state index contributed by atoms with van der Waals surface area (Å²) < 4.78 is 0. The van der Waals surface area contributed by atoms with E-state index in [1.165, 1.54) is 38.5 Å². The van der Waals surface area contributed by atoms with Crippen molar-refractivity contribution >= 4 is 29.2 Å². The Hall–Kier alpha value is -2.90. The predicted octanol–water partition coefficient (Wildman–Crippen LogP) is 5.01. The SMILES string of the molecule is O=C(NC1CCCCC1)NC1N=C(C2CCCCC2)c2ccccc2N(CC(=O)N2CC3CCC(CC3)C2)C1=O. The molecule has 7 rings (SSSR count). The third-order valence-electron chi connectivity index (χ3n) is 10.0. The molecule has 3 aliphatic heterocycles. The summed E-state index contributed by atoms with van der Waals surface area (Å²) in [7, 11) is 0. The average Bonchev–Trinajstić information content (AvgIpc) is 3.37. The molecule has 5 fully saturated rings. The number of carbonyl (C=O) groups is 3. The molecule has 1 atom stereocenters. The third-order valence-corrected chi connectivity index (χ3v) is 10.0. The molecule has 0 spiro atoms. The molecular formula is C32H45N5O3. The summed E-state index contributed by atoms with van der Waals surface area (Å²) in [4.78, 5) is 49.7. The highest BCUT2D eigenvalue weighted by molar-refractivity contribution is 6.15. The fourth-order valence-electron chi connectivity index (χ4n) is 7.75. The number of aliphatic imine (C=N–C) groups is 1. The fraction of sp³-hybridized carbons (Fsp3) is 0.688. The molecule has 40 heavy (non-hydrogen) atoms. The van der Waals surface area contributed by atoms with E-state index in [0.29, 0.717) is 11.8 Å². The zero-order chi connectivity index (χ0) is 27.5. The summed E-state index contributed by atoms with van der Waals surface area (Å²) in [6.07, 6.45) is 14.6. The van der Waals surface area contributed by atoms with Crippen molar-refractivity contribution in [1.29, 1.82) is 0 Å². The highest BCUT2D eigenvalue weighted by Crippen LogP contribution is 2.36. The van der Waals surface area contributed by atoms with Gasteiger partial charge in [0.15, 0.2) is 0 Å². The van der Waals surface area contributed by atoms with Gasteiger partial charge in [-0.1, -0.05) is 56.7 Å². The summed E-state index contributed by atoms with van der Waals surface area (Å²) >= 11 is 0. The molecule has 8 heteroatoms. The van der Waals surface area contributed by atoms with Crippen LogP contribution in [-0.2, 0) is 9.59 Å². The molecule has 4 amide bonds. The van der Waals surface area contributed by atoms with Crippen LogP contribution in [0.1, 0.15) is 95.5 Å². The summed E-state index contributed by atoms with van der Waals surface area (Å²) in [6.45, 7) is 1.55. The number of hydrogen-bond donors (Lipinski definition) is 2. The Bertz CT molecular complexity index is 1100. The van der Waals surface area contributed by atoms with Gasteiger partial charge in [0, 0.05) is 30.6 Å². The van der Waals surface area contributed by atoms with Gasteiger partial charge in [0.2, 0.25) is 12.1 Å². The molecular weight excluding hydrogens is 502 g/mol. The van der Waals surface area contributed by atoms with Crippen molar-refractivity contribution in [3.05, 3.63) is 29.8 Å². The molecule has 2 bridgehead atoms. The van der Waals surface area contributed by atoms with Gasteiger partial charge in [0.05, 0.1) is 11.4 Å². The maximum absolute atomic E-state index is 14.2. The Morgan fingerprint density at radius 3 is 2.10 bits per heavy atom. The number of amides is 4. The summed E-state index contributed by atoms with van der Waals surface area (Å²) in [5, 5.41) is 6.01. The zero-order valence-electron chi connectivity index (χ0n) is 23.8. The van der Waals surface area contributed by atoms with E-state index in [2.05, 4.69) is 10.6 Å². The minimum absolute atomic E-state index is 0.00604. The Labute approximate surface area is 238 Å². The van der Waals surface area contributed by atoms with E-state index in [1.54, 1.807) is 4.90 Å². The number of benzodiazepines with no additional fused rings is 1. The molecule has 2 N–H and O–H groups in total. The van der Waals surface area contributed by atoms with Crippen LogP contribution in [0.15, 0.2) is 29.3 Å². The highest BCUT2D eigenvalue weighted by atomic mass is 16.2. The van der Waals surface area contributed by atoms with Crippen molar-refractivity contribution in [3.63, 3.8) is 0 Å². The Balaban J connectivity index is 1.28. The second-order valence-electron chi connectivity index (χ2n) is 12.8. The molecule has 1 unspecified atom stereocenters. The van der Waals surface area contributed by atoms with Gasteiger partial charge in [-0.15, -0.1) is 0 Å². The van der Waals surface area contributed by atoms with Gasteiger partial charge in [-0.2, -0.15) is 0 Å². The van der Waals surface area contributed by atoms with Crippen molar-refractivity contribution in [2.24, 2.45) is 22.7 Å². The first-order valence-corrected chi connectivity index (χ1v) is 15.9. The quantitative estimate of drug-likeness (QED) is 0.543. The maximum Gasteiger partial charge on any atom is 0.317 e. The van der Waals surface area contributed by atoms with Gasteiger partial charge >= 0.3 is 6.03 Å². The standard InChI is InChI=1S/C32H45N5O3/c38-28(36-19-22-15-16-23(20-36)18-17-22)21-37-27-14-8-7-13-26(27)29(24-9-3-1-4-10-24)34-30(31(37)39)35-32(40)33-25-11-5-2-6-12-25/h7-8,13-14,22-25,30H,1-6,9-12,15-21H2,(H2,33,35,40). The van der Waals surface area contributed by atoms with Crippen molar-refractivity contribution in [1.82, 2.24) is 15.5 Å². The Morgan fingerprint density at radius 1 is 0.800 bits per heavy atom. The van der Waals surface area contributed by atoms with Crippen molar-refractivity contribution < 1.29 is 14.4 Å². The fourth-order valence-corrected chi connectivity index (χ4v) is 7.75. The van der Waals surface area contributed by atoms with E-state index in [1.807, 2.05) is 29.2 Å². The van der Waals surface area contributed by atoms with Gasteiger partial charge in [-0.05, 0) is 69.3 Å². The van der Waals surface area contributed by atoms with Crippen LogP contribution in [0.5, 0.6) is 0 Å². The molecule has 3 saturated carbocycles. The van der Waals surface area contributed by atoms with Crippen LogP contribution in [0.4, 0.5) is 10.5 Å². The van der Waals surface area contributed by atoms with Crippen LogP contribution in [0, 0.1) is 17.8 Å². The number of fused-ring (bicyclic) bond motifs is 5. The summed E-state index contributed by atoms with van der Waals surface area (Å²) in [5.74, 6) is 1.03. The Kier molecular flexibility index (Phi) is 8.40. The third kappa shape index (κ3) is 6.06.